The second-order valence-corrected chi connectivity index (χ2v) is 9.52. The van der Waals surface area contributed by atoms with Crippen LogP contribution >= 0.6 is 0 Å². The number of allylic oxidation sites excluding steroid dienone is 3. The van der Waals surface area contributed by atoms with Gasteiger partial charge < -0.3 is 10.1 Å². The van der Waals surface area contributed by atoms with Crippen LogP contribution in [-0.2, 0) is 20.7 Å². The van der Waals surface area contributed by atoms with Crippen LogP contribution in [0.1, 0.15) is 69.1 Å². The molecule has 0 bridgehead atoms. The molecular weight excluding hydrogens is 410 g/mol. The van der Waals surface area contributed by atoms with Crippen LogP contribution in [0.15, 0.2) is 77.1 Å². The summed E-state index contributed by atoms with van der Waals surface area (Å²) in [6.07, 6.45) is 2.14. The number of ether oxygens (including phenoxy) is 1. The molecule has 2 aromatic rings. The van der Waals surface area contributed by atoms with Crippen molar-refractivity contribution >= 4 is 11.8 Å². The Balaban J connectivity index is 1.76. The lowest BCUT2D eigenvalue weighted by Gasteiger charge is -2.36. The molecule has 1 aliphatic carbocycles. The van der Waals surface area contributed by atoms with Crippen molar-refractivity contribution in [3.8, 4) is 0 Å². The molecule has 2 aromatic carbocycles. The van der Waals surface area contributed by atoms with Crippen molar-refractivity contribution in [1.82, 2.24) is 5.32 Å². The first-order valence-corrected chi connectivity index (χ1v) is 11.9. The Hall–Kier alpha value is -3.14. The summed E-state index contributed by atoms with van der Waals surface area (Å²) in [6.45, 7) is 8.42. The number of benzene rings is 2. The standard InChI is InChI=1S/C29H33NO3/c1-5-20-11-13-22(14-12-20)27-26(29(32)33-17-18(2)3)19(4)30-24-15-23(16-25(31)28(24)27)21-9-7-6-8-10-21/h6-14,18,23,27,30H,5,15-17H2,1-4H3. The highest BCUT2D eigenvalue weighted by molar-refractivity contribution is 6.04. The SMILES string of the molecule is CCc1ccc(C2C(C(=O)OCC(C)C)=C(C)NC3=C2C(=O)CC(c2ccccc2)C3)cc1. The Kier molecular flexibility index (Phi) is 6.83. The van der Waals surface area contributed by atoms with E-state index in [2.05, 4.69) is 48.6 Å². The smallest absolute Gasteiger partial charge is 0.336 e. The Labute approximate surface area is 196 Å². The minimum absolute atomic E-state index is 0.101. The minimum atomic E-state index is -0.406. The summed E-state index contributed by atoms with van der Waals surface area (Å²) in [4.78, 5) is 26.8. The van der Waals surface area contributed by atoms with Gasteiger partial charge in [0.2, 0.25) is 0 Å². The van der Waals surface area contributed by atoms with Crippen LogP contribution in [-0.4, -0.2) is 18.4 Å². The monoisotopic (exact) mass is 443 g/mol. The van der Waals surface area contributed by atoms with Crippen molar-refractivity contribution in [2.75, 3.05) is 6.61 Å². The molecule has 0 radical (unpaired) electrons. The second-order valence-electron chi connectivity index (χ2n) is 9.52. The number of Topliss-reactive ketones (excluding diaryl/α,β-unsaturated/α-hetero) is 1. The Morgan fingerprint density at radius 2 is 1.73 bits per heavy atom. The van der Waals surface area contributed by atoms with Gasteiger partial charge >= 0.3 is 5.97 Å². The fourth-order valence-corrected chi connectivity index (χ4v) is 4.87. The molecule has 0 aromatic heterocycles. The lowest BCUT2D eigenvalue weighted by Crippen LogP contribution is -2.36. The normalized spacial score (nSPS) is 20.6. The number of hydrogen-bond acceptors (Lipinski definition) is 4. The molecule has 0 spiro atoms. The third kappa shape index (κ3) is 4.80. The van der Waals surface area contributed by atoms with E-state index in [4.69, 9.17) is 4.74 Å². The number of esters is 1. The molecule has 0 fully saturated rings. The van der Waals surface area contributed by atoms with Gasteiger partial charge in [0.25, 0.3) is 0 Å². The Morgan fingerprint density at radius 3 is 2.36 bits per heavy atom. The van der Waals surface area contributed by atoms with Crippen molar-refractivity contribution < 1.29 is 14.3 Å². The van der Waals surface area contributed by atoms with E-state index in [-0.39, 0.29) is 23.6 Å². The van der Waals surface area contributed by atoms with Crippen LogP contribution in [0.25, 0.3) is 0 Å². The number of carbonyl (C=O) groups is 2. The maximum Gasteiger partial charge on any atom is 0.336 e. The zero-order valence-corrected chi connectivity index (χ0v) is 20.0. The number of hydrogen-bond donors (Lipinski definition) is 1. The number of dihydropyridines is 1. The molecule has 1 heterocycles. The number of nitrogens with one attached hydrogen (secondary N) is 1. The highest BCUT2D eigenvalue weighted by Gasteiger charge is 2.41. The van der Waals surface area contributed by atoms with Gasteiger partial charge in [-0.05, 0) is 48.3 Å². The van der Waals surface area contributed by atoms with E-state index < -0.39 is 5.92 Å². The average Bonchev–Trinajstić information content (AvgIpc) is 2.82. The molecule has 172 valence electrons. The van der Waals surface area contributed by atoms with Crippen LogP contribution in [0.4, 0.5) is 0 Å². The molecule has 0 amide bonds. The van der Waals surface area contributed by atoms with Gasteiger partial charge in [-0.25, -0.2) is 4.79 Å². The Morgan fingerprint density at radius 1 is 1.03 bits per heavy atom. The number of carbonyl (C=O) groups excluding carboxylic acids is 2. The van der Waals surface area contributed by atoms with Gasteiger partial charge in [-0.1, -0.05) is 75.4 Å². The van der Waals surface area contributed by atoms with Crippen molar-refractivity contribution in [2.45, 2.75) is 58.8 Å². The van der Waals surface area contributed by atoms with E-state index in [0.717, 1.165) is 29.8 Å². The first-order valence-electron chi connectivity index (χ1n) is 11.9. The van der Waals surface area contributed by atoms with Gasteiger partial charge in [-0.2, -0.15) is 0 Å². The van der Waals surface area contributed by atoms with E-state index in [1.165, 1.54) is 11.1 Å². The minimum Gasteiger partial charge on any atom is -0.462 e. The third-order valence-corrected chi connectivity index (χ3v) is 6.59. The molecular formula is C29H33NO3. The highest BCUT2D eigenvalue weighted by Crippen LogP contribution is 2.45. The van der Waals surface area contributed by atoms with Crippen molar-refractivity contribution in [3.63, 3.8) is 0 Å². The van der Waals surface area contributed by atoms with Gasteiger partial charge in [0.05, 0.1) is 12.2 Å². The first-order chi connectivity index (χ1) is 15.9. The second kappa shape index (κ2) is 9.78. The predicted molar refractivity (Wildman–Crippen MR) is 131 cm³/mol. The lowest BCUT2D eigenvalue weighted by molar-refractivity contribution is -0.140. The van der Waals surface area contributed by atoms with E-state index in [0.29, 0.717) is 24.2 Å². The van der Waals surface area contributed by atoms with Crippen LogP contribution in [0.2, 0.25) is 0 Å². The molecule has 2 unspecified atom stereocenters. The van der Waals surface area contributed by atoms with Crippen molar-refractivity contribution in [1.29, 1.82) is 0 Å². The van der Waals surface area contributed by atoms with Crippen molar-refractivity contribution in [2.24, 2.45) is 5.92 Å². The fourth-order valence-electron chi connectivity index (χ4n) is 4.87. The summed E-state index contributed by atoms with van der Waals surface area (Å²) in [7, 11) is 0. The van der Waals surface area contributed by atoms with E-state index in [9.17, 15) is 9.59 Å². The molecule has 4 nitrogen and oxygen atoms in total. The summed E-state index contributed by atoms with van der Waals surface area (Å²) in [5.74, 6) is -0.274. The highest BCUT2D eigenvalue weighted by atomic mass is 16.5. The molecule has 0 saturated carbocycles. The zero-order valence-electron chi connectivity index (χ0n) is 20.0. The number of ketones is 1. The molecule has 4 heteroatoms. The van der Waals surface area contributed by atoms with Gasteiger partial charge in [-0.3, -0.25) is 4.79 Å². The van der Waals surface area contributed by atoms with Gasteiger partial charge in [0.15, 0.2) is 5.78 Å². The van der Waals surface area contributed by atoms with Crippen LogP contribution in [0.5, 0.6) is 0 Å². The van der Waals surface area contributed by atoms with E-state index >= 15 is 0 Å². The molecule has 2 atom stereocenters. The topological polar surface area (TPSA) is 55.4 Å². The summed E-state index contributed by atoms with van der Waals surface area (Å²) >= 11 is 0. The summed E-state index contributed by atoms with van der Waals surface area (Å²) in [5, 5.41) is 3.43. The molecule has 1 N–H and O–H groups in total. The summed E-state index contributed by atoms with van der Waals surface area (Å²) < 4.78 is 5.64. The zero-order chi connectivity index (χ0) is 23.5. The molecule has 2 aliphatic rings. The molecule has 4 rings (SSSR count). The van der Waals surface area contributed by atoms with E-state index in [1.807, 2.05) is 39.0 Å². The lowest BCUT2D eigenvalue weighted by atomic mass is 9.71. The van der Waals surface area contributed by atoms with E-state index in [1.54, 1.807) is 0 Å². The maximum absolute atomic E-state index is 13.6. The maximum atomic E-state index is 13.6. The molecule has 0 saturated heterocycles. The van der Waals surface area contributed by atoms with Crippen LogP contribution in [0.3, 0.4) is 0 Å². The van der Waals surface area contributed by atoms with Gasteiger partial charge in [0, 0.05) is 29.3 Å². The van der Waals surface area contributed by atoms with Gasteiger partial charge in [0.1, 0.15) is 0 Å². The first kappa shape index (κ1) is 23.0. The summed E-state index contributed by atoms with van der Waals surface area (Å²) in [6, 6.07) is 18.5. The quantitative estimate of drug-likeness (QED) is 0.573. The van der Waals surface area contributed by atoms with Gasteiger partial charge in [-0.15, -0.1) is 0 Å². The van der Waals surface area contributed by atoms with Crippen molar-refractivity contribution in [3.05, 3.63) is 93.8 Å². The Bertz CT molecular complexity index is 1090. The molecule has 33 heavy (non-hydrogen) atoms. The molecule has 1 aliphatic heterocycles. The largest absolute Gasteiger partial charge is 0.462 e. The summed E-state index contributed by atoms with van der Waals surface area (Å²) in [5.41, 5.74) is 6.33. The average molecular weight is 444 g/mol. The van der Waals surface area contributed by atoms with Crippen LogP contribution < -0.4 is 5.32 Å². The third-order valence-electron chi connectivity index (χ3n) is 6.59. The predicted octanol–water partition coefficient (Wildman–Crippen LogP) is 5.81. The van der Waals surface area contributed by atoms with Crippen LogP contribution in [0, 0.1) is 5.92 Å². The fraction of sp³-hybridized carbons (Fsp3) is 0.379. The number of aryl methyl sites for hydroxylation is 1. The number of rotatable bonds is 6.